The van der Waals surface area contributed by atoms with Gasteiger partial charge >= 0.3 is 0 Å². The Labute approximate surface area is 162 Å². The molecule has 2 aromatic carbocycles. The van der Waals surface area contributed by atoms with Crippen LogP contribution in [-0.2, 0) is 10.0 Å². The van der Waals surface area contributed by atoms with Gasteiger partial charge in [0.05, 0.1) is 18.0 Å². The standard InChI is InChI=1S/C21H28N2O3S/c1-15(2)13-19(17-9-7-6-8-10-17)22-21(24)18-12-11-16(3)20(14-18)23(4)27(5,25)26/h6-12,14-15,19H,13H2,1-5H3,(H,22,24). The summed E-state index contributed by atoms with van der Waals surface area (Å²) in [6.45, 7) is 6.06. The van der Waals surface area contributed by atoms with E-state index in [-0.39, 0.29) is 11.9 Å². The molecule has 146 valence electrons. The maximum Gasteiger partial charge on any atom is 0.251 e. The molecule has 0 bridgehead atoms. The van der Waals surface area contributed by atoms with Crippen molar-refractivity contribution < 1.29 is 13.2 Å². The zero-order valence-electron chi connectivity index (χ0n) is 16.6. The number of carbonyl (C=O) groups is 1. The van der Waals surface area contributed by atoms with Gasteiger partial charge in [0.2, 0.25) is 10.0 Å². The topological polar surface area (TPSA) is 66.5 Å². The van der Waals surface area contributed by atoms with Crippen molar-refractivity contribution in [3.8, 4) is 0 Å². The third kappa shape index (κ3) is 5.57. The molecule has 0 aliphatic rings. The number of benzene rings is 2. The molecular formula is C21H28N2O3S. The van der Waals surface area contributed by atoms with Gasteiger partial charge in [-0.15, -0.1) is 0 Å². The number of rotatable bonds is 7. The molecule has 0 radical (unpaired) electrons. The number of nitrogens with one attached hydrogen (secondary N) is 1. The number of hydrogen-bond donors (Lipinski definition) is 1. The van der Waals surface area contributed by atoms with Gasteiger partial charge in [-0.1, -0.05) is 50.2 Å². The molecule has 0 aromatic heterocycles. The van der Waals surface area contributed by atoms with E-state index in [4.69, 9.17) is 0 Å². The summed E-state index contributed by atoms with van der Waals surface area (Å²) in [4.78, 5) is 12.9. The molecule has 0 spiro atoms. The van der Waals surface area contributed by atoms with Crippen LogP contribution in [0.15, 0.2) is 48.5 Å². The minimum Gasteiger partial charge on any atom is -0.345 e. The van der Waals surface area contributed by atoms with Gasteiger partial charge in [0, 0.05) is 12.6 Å². The van der Waals surface area contributed by atoms with Crippen LogP contribution >= 0.6 is 0 Å². The second-order valence-electron chi connectivity index (χ2n) is 7.30. The molecule has 0 heterocycles. The highest BCUT2D eigenvalue weighted by molar-refractivity contribution is 7.92. The molecule has 1 atom stereocenters. The Kier molecular flexibility index (Phi) is 6.65. The van der Waals surface area contributed by atoms with Crippen molar-refractivity contribution in [3.63, 3.8) is 0 Å². The van der Waals surface area contributed by atoms with Crippen LogP contribution in [0.5, 0.6) is 0 Å². The van der Waals surface area contributed by atoms with E-state index >= 15 is 0 Å². The first-order valence-electron chi connectivity index (χ1n) is 9.00. The number of anilines is 1. The summed E-state index contributed by atoms with van der Waals surface area (Å²) in [5, 5.41) is 3.10. The summed E-state index contributed by atoms with van der Waals surface area (Å²) in [6, 6.07) is 14.9. The molecule has 0 fully saturated rings. The number of sulfonamides is 1. The Morgan fingerprint density at radius 1 is 1.11 bits per heavy atom. The van der Waals surface area contributed by atoms with Crippen LogP contribution in [0.2, 0.25) is 0 Å². The number of hydrogen-bond acceptors (Lipinski definition) is 3. The highest BCUT2D eigenvalue weighted by Gasteiger charge is 2.20. The van der Waals surface area contributed by atoms with Crippen molar-refractivity contribution in [2.45, 2.75) is 33.2 Å². The van der Waals surface area contributed by atoms with Crippen molar-refractivity contribution >= 4 is 21.6 Å². The van der Waals surface area contributed by atoms with Gasteiger partial charge in [0.25, 0.3) is 5.91 Å². The van der Waals surface area contributed by atoms with E-state index in [9.17, 15) is 13.2 Å². The summed E-state index contributed by atoms with van der Waals surface area (Å²) in [5.41, 5.74) is 2.79. The molecule has 2 aromatic rings. The quantitative estimate of drug-likeness (QED) is 0.782. The summed E-state index contributed by atoms with van der Waals surface area (Å²) in [5.74, 6) is 0.202. The molecule has 27 heavy (non-hydrogen) atoms. The van der Waals surface area contributed by atoms with Crippen molar-refractivity contribution in [1.29, 1.82) is 0 Å². The fourth-order valence-corrected chi connectivity index (χ4v) is 3.50. The van der Waals surface area contributed by atoms with E-state index in [1.807, 2.05) is 37.3 Å². The minimum absolute atomic E-state index is 0.101. The Balaban J connectivity index is 2.30. The molecule has 0 aliphatic carbocycles. The first-order valence-corrected chi connectivity index (χ1v) is 10.8. The van der Waals surface area contributed by atoms with Crippen LogP contribution in [0.25, 0.3) is 0 Å². The monoisotopic (exact) mass is 388 g/mol. The first kappa shape index (κ1) is 21.0. The van der Waals surface area contributed by atoms with Crippen LogP contribution in [0, 0.1) is 12.8 Å². The van der Waals surface area contributed by atoms with Crippen molar-refractivity contribution in [2.75, 3.05) is 17.6 Å². The van der Waals surface area contributed by atoms with Gasteiger partial charge < -0.3 is 5.32 Å². The van der Waals surface area contributed by atoms with Gasteiger partial charge in [0.15, 0.2) is 0 Å². The maximum atomic E-state index is 12.9. The summed E-state index contributed by atoms with van der Waals surface area (Å²) in [7, 11) is -1.91. The highest BCUT2D eigenvalue weighted by atomic mass is 32.2. The lowest BCUT2D eigenvalue weighted by Gasteiger charge is -2.23. The Morgan fingerprint density at radius 2 is 1.74 bits per heavy atom. The van der Waals surface area contributed by atoms with Crippen molar-refractivity contribution in [3.05, 3.63) is 65.2 Å². The lowest BCUT2D eigenvalue weighted by atomic mass is 9.96. The van der Waals surface area contributed by atoms with Crippen LogP contribution in [0.3, 0.4) is 0 Å². The van der Waals surface area contributed by atoms with Crippen LogP contribution < -0.4 is 9.62 Å². The maximum absolute atomic E-state index is 12.9. The number of carbonyl (C=O) groups excluding carboxylic acids is 1. The highest BCUT2D eigenvalue weighted by Crippen LogP contribution is 2.25. The predicted octanol–water partition coefficient (Wildman–Crippen LogP) is 3.91. The molecule has 1 amide bonds. The average molecular weight is 389 g/mol. The molecule has 0 aliphatic heterocycles. The Hall–Kier alpha value is -2.34. The van der Waals surface area contributed by atoms with E-state index < -0.39 is 10.0 Å². The largest absolute Gasteiger partial charge is 0.345 e. The summed E-state index contributed by atoms with van der Waals surface area (Å²) < 4.78 is 24.9. The first-order chi connectivity index (χ1) is 12.6. The smallest absolute Gasteiger partial charge is 0.251 e. The fraction of sp³-hybridized carbons (Fsp3) is 0.381. The SMILES string of the molecule is Cc1ccc(C(=O)NC(CC(C)C)c2ccccc2)cc1N(C)S(C)(=O)=O. The molecule has 0 saturated carbocycles. The Morgan fingerprint density at radius 3 is 2.30 bits per heavy atom. The fourth-order valence-electron chi connectivity index (χ4n) is 2.95. The molecule has 6 heteroatoms. The number of aryl methyl sites for hydroxylation is 1. The van der Waals surface area contributed by atoms with Gasteiger partial charge in [-0.25, -0.2) is 8.42 Å². The normalized spacial score (nSPS) is 12.7. The van der Waals surface area contributed by atoms with Crippen molar-refractivity contribution in [1.82, 2.24) is 5.32 Å². The zero-order chi connectivity index (χ0) is 20.2. The van der Waals surface area contributed by atoms with E-state index in [2.05, 4.69) is 19.2 Å². The Bertz CT molecular complexity index is 893. The van der Waals surface area contributed by atoms with Crippen LogP contribution in [0.1, 0.15) is 47.8 Å². The third-order valence-corrected chi connectivity index (χ3v) is 5.71. The summed E-state index contributed by atoms with van der Waals surface area (Å²) in [6.07, 6.45) is 1.96. The van der Waals surface area contributed by atoms with E-state index in [1.54, 1.807) is 18.2 Å². The lowest BCUT2D eigenvalue weighted by molar-refractivity contribution is 0.0932. The molecule has 1 unspecified atom stereocenters. The van der Waals surface area contributed by atoms with Gasteiger partial charge in [-0.3, -0.25) is 9.10 Å². The van der Waals surface area contributed by atoms with Gasteiger partial charge in [0.1, 0.15) is 0 Å². The molecule has 1 N–H and O–H groups in total. The molecule has 2 rings (SSSR count). The average Bonchev–Trinajstić information content (AvgIpc) is 2.60. The lowest BCUT2D eigenvalue weighted by Crippen LogP contribution is -2.30. The molecule has 0 saturated heterocycles. The molecular weight excluding hydrogens is 360 g/mol. The van der Waals surface area contributed by atoms with E-state index in [1.165, 1.54) is 11.4 Å². The van der Waals surface area contributed by atoms with Crippen molar-refractivity contribution in [2.24, 2.45) is 5.92 Å². The second kappa shape index (κ2) is 8.57. The van der Waals surface area contributed by atoms with Crippen LogP contribution in [0.4, 0.5) is 5.69 Å². The number of nitrogens with zero attached hydrogens (tertiary/aromatic N) is 1. The van der Waals surface area contributed by atoms with Crippen LogP contribution in [-0.4, -0.2) is 27.6 Å². The van der Waals surface area contributed by atoms with E-state index in [0.717, 1.165) is 23.8 Å². The summed E-state index contributed by atoms with van der Waals surface area (Å²) >= 11 is 0. The van der Waals surface area contributed by atoms with E-state index in [0.29, 0.717) is 17.2 Å². The number of amides is 1. The third-order valence-electron chi connectivity index (χ3n) is 4.52. The van der Waals surface area contributed by atoms with Gasteiger partial charge in [-0.05, 0) is 42.5 Å². The zero-order valence-corrected chi connectivity index (χ0v) is 17.4. The predicted molar refractivity (Wildman–Crippen MR) is 111 cm³/mol. The second-order valence-corrected chi connectivity index (χ2v) is 9.31. The van der Waals surface area contributed by atoms with Gasteiger partial charge in [-0.2, -0.15) is 0 Å². The minimum atomic E-state index is -3.40. The molecule has 5 nitrogen and oxygen atoms in total.